The molecule has 8 heteroatoms. The zero-order valence-corrected chi connectivity index (χ0v) is 17.9. The van der Waals surface area contributed by atoms with E-state index >= 15 is 0 Å². The highest BCUT2D eigenvalue weighted by Crippen LogP contribution is 2.47. The molecule has 1 aliphatic carbocycles. The second-order valence-electron chi connectivity index (χ2n) is 8.49. The Morgan fingerprint density at radius 3 is 2.61 bits per heavy atom. The largest absolute Gasteiger partial charge is 0.374 e. The van der Waals surface area contributed by atoms with E-state index in [0.717, 1.165) is 22.3 Å². The Morgan fingerprint density at radius 2 is 1.90 bits per heavy atom. The molecular formula is C23H27N7O. The average Bonchev–Trinajstić information content (AvgIpc) is 3.35. The molecule has 2 heterocycles. The van der Waals surface area contributed by atoms with Crippen LogP contribution in [0.4, 0.5) is 11.6 Å². The third-order valence-electron chi connectivity index (χ3n) is 5.64. The number of benzene rings is 2. The van der Waals surface area contributed by atoms with Crippen LogP contribution in [-0.4, -0.2) is 36.1 Å². The van der Waals surface area contributed by atoms with Crippen molar-refractivity contribution >= 4 is 22.5 Å². The number of H-pyrrole nitrogens is 1. The maximum atomic E-state index is 10.2. The molecule has 0 aliphatic heterocycles. The van der Waals surface area contributed by atoms with E-state index in [1.807, 2.05) is 57.4 Å². The van der Waals surface area contributed by atoms with Gasteiger partial charge in [0.25, 0.3) is 0 Å². The fraction of sp³-hybridized carbons (Fsp3) is 0.348. The standard InChI is InChI=1S/C23H27N7O/c1-13(2)25-22(31)16-8-6-15(7-9-16)21-27-23(30(3)29-21)26-19-11-10-18-17(12-24-28-18)20(19)14-4-5-14/h6-14,22,25,31H,4-5H2,1-3H3,(H,24,28)(H,26,27,29). The van der Waals surface area contributed by atoms with E-state index in [2.05, 4.69) is 32.0 Å². The number of nitrogens with zero attached hydrogens (tertiary/aromatic N) is 4. The summed E-state index contributed by atoms with van der Waals surface area (Å²) in [5.41, 5.74) is 5.12. The van der Waals surface area contributed by atoms with Gasteiger partial charge in [-0.05, 0) is 55.9 Å². The second kappa shape index (κ2) is 7.79. The van der Waals surface area contributed by atoms with Crippen LogP contribution in [0.25, 0.3) is 22.3 Å². The summed E-state index contributed by atoms with van der Waals surface area (Å²) in [6.45, 7) is 4.01. The second-order valence-corrected chi connectivity index (χ2v) is 8.49. The van der Waals surface area contributed by atoms with Gasteiger partial charge in [-0.3, -0.25) is 10.4 Å². The van der Waals surface area contributed by atoms with Crippen molar-refractivity contribution in [3.8, 4) is 11.4 Å². The molecule has 2 aromatic heterocycles. The SMILES string of the molecule is CC(C)NC(O)c1ccc(-c2nc(Nc3ccc4[nH]ncc4c3C3CC3)n(C)n2)cc1. The molecule has 0 spiro atoms. The van der Waals surface area contributed by atoms with Gasteiger partial charge in [0.2, 0.25) is 5.95 Å². The number of fused-ring (bicyclic) bond motifs is 1. The summed E-state index contributed by atoms with van der Waals surface area (Å²) in [5.74, 6) is 1.89. The summed E-state index contributed by atoms with van der Waals surface area (Å²) in [6.07, 6.45) is 3.61. The van der Waals surface area contributed by atoms with Gasteiger partial charge in [0.15, 0.2) is 5.82 Å². The molecule has 0 bridgehead atoms. The Morgan fingerprint density at radius 1 is 1.13 bits per heavy atom. The van der Waals surface area contributed by atoms with Crippen LogP contribution in [0.5, 0.6) is 0 Å². The first-order valence-electron chi connectivity index (χ1n) is 10.7. The number of hydrogen-bond acceptors (Lipinski definition) is 6. The predicted molar refractivity (Wildman–Crippen MR) is 121 cm³/mol. The van der Waals surface area contributed by atoms with Gasteiger partial charge in [-0.25, -0.2) is 4.68 Å². The number of nitrogens with one attached hydrogen (secondary N) is 3. The summed E-state index contributed by atoms with van der Waals surface area (Å²) >= 11 is 0. The first-order chi connectivity index (χ1) is 15.0. The molecule has 4 N–H and O–H groups in total. The Balaban J connectivity index is 1.41. The van der Waals surface area contributed by atoms with Gasteiger partial charge < -0.3 is 10.4 Å². The van der Waals surface area contributed by atoms with E-state index in [4.69, 9.17) is 4.98 Å². The molecule has 0 radical (unpaired) electrons. The summed E-state index contributed by atoms with van der Waals surface area (Å²) < 4.78 is 1.76. The molecule has 160 valence electrons. The van der Waals surface area contributed by atoms with Crippen LogP contribution >= 0.6 is 0 Å². The molecule has 1 unspecified atom stereocenters. The Labute approximate surface area is 180 Å². The zero-order chi connectivity index (χ0) is 21.5. The number of anilines is 2. The monoisotopic (exact) mass is 417 g/mol. The first-order valence-corrected chi connectivity index (χ1v) is 10.7. The number of hydrogen-bond donors (Lipinski definition) is 4. The van der Waals surface area contributed by atoms with Gasteiger partial charge in [0.1, 0.15) is 6.23 Å². The number of aromatic amines is 1. The molecule has 1 saturated carbocycles. The van der Waals surface area contributed by atoms with Crippen LogP contribution in [-0.2, 0) is 7.05 Å². The highest BCUT2D eigenvalue weighted by atomic mass is 16.3. The number of aliphatic hydroxyl groups is 1. The Kier molecular flexibility index (Phi) is 4.95. The van der Waals surface area contributed by atoms with Crippen LogP contribution < -0.4 is 10.6 Å². The van der Waals surface area contributed by atoms with Crippen LogP contribution in [0.1, 0.15) is 50.0 Å². The first kappa shape index (κ1) is 19.7. The van der Waals surface area contributed by atoms with Crippen molar-refractivity contribution in [3.05, 3.63) is 53.7 Å². The van der Waals surface area contributed by atoms with E-state index in [1.165, 1.54) is 23.8 Å². The van der Waals surface area contributed by atoms with Gasteiger partial charge in [-0.1, -0.05) is 24.3 Å². The van der Waals surface area contributed by atoms with Crippen molar-refractivity contribution in [2.24, 2.45) is 7.05 Å². The van der Waals surface area contributed by atoms with Crippen molar-refractivity contribution in [2.45, 2.75) is 44.9 Å². The van der Waals surface area contributed by atoms with Gasteiger partial charge in [0, 0.05) is 29.7 Å². The third-order valence-corrected chi connectivity index (χ3v) is 5.64. The van der Waals surface area contributed by atoms with Crippen LogP contribution in [0.2, 0.25) is 0 Å². The van der Waals surface area contributed by atoms with Gasteiger partial charge in [-0.2, -0.15) is 10.1 Å². The summed E-state index contributed by atoms with van der Waals surface area (Å²) in [5, 5.41) is 29.8. The maximum absolute atomic E-state index is 10.2. The minimum absolute atomic E-state index is 0.197. The molecule has 5 rings (SSSR count). The average molecular weight is 418 g/mol. The van der Waals surface area contributed by atoms with Crippen molar-refractivity contribution in [3.63, 3.8) is 0 Å². The minimum atomic E-state index is -0.693. The minimum Gasteiger partial charge on any atom is -0.374 e. The molecule has 4 aromatic rings. The molecular weight excluding hydrogens is 390 g/mol. The van der Waals surface area contributed by atoms with E-state index < -0.39 is 6.23 Å². The maximum Gasteiger partial charge on any atom is 0.225 e. The van der Waals surface area contributed by atoms with Gasteiger partial charge in [-0.15, -0.1) is 5.10 Å². The van der Waals surface area contributed by atoms with Gasteiger partial charge in [0.05, 0.1) is 11.7 Å². The molecule has 0 amide bonds. The topological polar surface area (TPSA) is 104 Å². The van der Waals surface area contributed by atoms with Gasteiger partial charge >= 0.3 is 0 Å². The van der Waals surface area contributed by atoms with E-state index in [9.17, 15) is 5.11 Å². The van der Waals surface area contributed by atoms with Crippen molar-refractivity contribution in [2.75, 3.05) is 5.32 Å². The Hall–Kier alpha value is -3.23. The summed E-state index contributed by atoms with van der Waals surface area (Å²) in [7, 11) is 1.89. The van der Waals surface area contributed by atoms with Crippen molar-refractivity contribution in [1.82, 2.24) is 30.3 Å². The lowest BCUT2D eigenvalue weighted by molar-refractivity contribution is 0.129. The van der Waals surface area contributed by atoms with Crippen LogP contribution in [0.3, 0.4) is 0 Å². The van der Waals surface area contributed by atoms with E-state index in [1.54, 1.807) is 4.68 Å². The Bertz CT molecular complexity index is 1200. The lowest BCUT2D eigenvalue weighted by Gasteiger charge is -2.16. The molecule has 1 fully saturated rings. The van der Waals surface area contributed by atoms with Crippen LogP contribution in [0.15, 0.2) is 42.6 Å². The van der Waals surface area contributed by atoms with Crippen LogP contribution in [0, 0.1) is 0 Å². The predicted octanol–water partition coefficient (Wildman–Crippen LogP) is 3.97. The fourth-order valence-electron chi connectivity index (χ4n) is 3.92. The molecule has 31 heavy (non-hydrogen) atoms. The summed E-state index contributed by atoms with van der Waals surface area (Å²) in [4.78, 5) is 4.73. The lowest BCUT2D eigenvalue weighted by atomic mass is 10.0. The molecule has 2 aromatic carbocycles. The molecule has 0 saturated heterocycles. The lowest BCUT2D eigenvalue weighted by Crippen LogP contribution is -2.27. The third kappa shape index (κ3) is 3.92. The molecule has 1 aliphatic rings. The molecule has 1 atom stereocenters. The van der Waals surface area contributed by atoms with Crippen molar-refractivity contribution < 1.29 is 5.11 Å². The van der Waals surface area contributed by atoms with E-state index in [-0.39, 0.29) is 6.04 Å². The zero-order valence-electron chi connectivity index (χ0n) is 17.9. The normalized spacial score (nSPS) is 15.0. The molecule has 8 nitrogen and oxygen atoms in total. The highest BCUT2D eigenvalue weighted by molar-refractivity contribution is 5.89. The number of rotatable bonds is 7. The quantitative estimate of drug-likeness (QED) is 0.339. The highest BCUT2D eigenvalue weighted by Gasteiger charge is 2.29. The summed E-state index contributed by atoms with van der Waals surface area (Å²) in [6, 6.07) is 12.0. The van der Waals surface area contributed by atoms with Crippen molar-refractivity contribution in [1.29, 1.82) is 0 Å². The number of aromatic nitrogens is 5. The fourth-order valence-corrected chi connectivity index (χ4v) is 3.92. The van der Waals surface area contributed by atoms with E-state index in [0.29, 0.717) is 17.7 Å². The number of aryl methyl sites for hydroxylation is 1. The number of aliphatic hydroxyl groups excluding tert-OH is 1. The smallest absolute Gasteiger partial charge is 0.225 e.